The van der Waals surface area contributed by atoms with Crippen LogP contribution in [-0.2, 0) is 0 Å². The normalized spacial score (nSPS) is 10.2. The van der Waals surface area contributed by atoms with Crippen molar-refractivity contribution >= 4 is 39.3 Å². The Labute approximate surface area is 129 Å². The van der Waals surface area contributed by atoms with Crippen molar-refractivity contribution in [1.29, 1.82) is 0 Å². The molecule has 110 valence electrons. The van der Waals surface area contributed by atoms with E-state index in [0.717, 1.165) is 10.0 Å². The summed E-state index contributed by atoms with van der Waals surface area (Å²) in [5, 5.41) is 14.2. The fraction of sp³-hybridized carbons (Fsp3) is 0.143. The van der Waals surface area contributed by atoms with E-state index in [2.05, 4.69) is 31.5 Å². The molecule has 1 aromatic carbocycles. The molecule has 0 atom stereocenters. The minimum absolute atomic E-state index is 0.0500. The predicted molar refractivity (Wildman–Crippen MR) is 84.0 cm³/mol. The Kier molecular flexibility index (Phi) is 4.32. The van der Waals surface area contributed by atoms with E-state index in [1.165, 1.54) is 0 Å². The van der Waals surface area contributed by atoms with Gasteiger partial charge >= 0.3 is 12.0 Å². The molecule has 21 heavy (non-hydrogen) atoms. The van der Waals surface area contributed by atoms with Gasteiger partial charge in [-0.05, 0) is 47.5 Å². The van der Waals surface area contributed by atoms with Gasteiger partial charge in [-0.1, -0.05) is 12.1 Å². The quantitative estimate of drug-likeness (QED) is 0.678. The van der Waals surface area contributed by atoms with Crippen molar-refractivity contribution in [1.82, 2.24) is 4.98 Å². The number of carbonyl (C=O) groups is 2. The number of carbonyl (C=O) groups excluding carboxylic acids is 1. The number of aromatic amines is 1. The molecule has 0 aliphatic rings. The number of aromatic nitrogens is 1. The van der Waals surface area contributed by atoms with Crippen molar-refractivity contribution in [3.63, 3.8) is 0 Å². The standard InChI is InChI=1S/C14H14BrN3O3/c1-7-4-3-5-9(11(7)15)17-14(21)18-10-6-8(2)16-12(10)13(19)20/h3-6,16H,1-2H3,(H,19,20)(H2,17,18,21). The minimum atomic E-state index is -1.13. The van der Waals surface area contributed by atoms with Crippen LogP contribution in [0.25, 0.3) is 0 Å². The molecule has 0 spiro atoms. The molecule has 0 aliphatic carbocycles. The Hall–Kier alpha value is -2.28. The smallest absolute Gasteiger partial charge is 0.354 e. The number of amides is 2. The number of aromatic carboxylic acids is 1. The number of rotatable bonds is 3. The van der Waals surface area contributed by atoms with Gasteiger partial charge in [0.05, 0.1) is 11.4 Å². The average molecular weight is 352 g/mol. The lowest BCUT2D eigenvalue weighted by atomic mass is 10.2. The number of halogens is 1. The van der Waals surface area contributed by atoms with Crippen molar-refractivity contribution < 1.29 is 14.7 Å². The van der Waals surface area contributed by atoms with Gasteiger partial charge in [0.1, 0.15) is 5.69 Å². The Bertz CT molecular complexity index is 709. The summed E-state index contributed by atoms with van der Waals surface area (Å²) in [6.45, 7) is 3.62. The molecule has 6 nitrogen and oxygen atoms in total. The molecule has 2 rings (SSSR count). The van der Waals surface area contributed by atoms with Crippen LogP contribution in [0.3, 0.4) is 0 Å². The lowest BCUT2D eigenvalue weighted by molar-refractivity contribution is 0.0692. The van der Waals surface area contributed by atoms with Gasteiger partial charge in [0, 0.05) is 10.2 Å². The van der Waals surface area contributed by atoms with Crippen molar-refractivity contribution in [2.24, 2.45) is 0 Å². The van der Waals surface area contributed by atoms with Gasteiger partial charge < -0.3 is 20.7 Å². The van der Waals surface area contributed by atoms with Gasteiger partial charge in [-0.25, -0.2) is 9.59 Å². The molecule has 0 aliphatic heterocycles. The lowest BCUT2D eigenvalue weighted by Crippen LogP contribution is -2.20. The van der Waals surface area contributed by atoms with Gasteiger partial charge in [-0.2, -0.15) is 0 Å². The molecule has 0 saturated heterocycles. The number of aryl methyl sites for hydroxylation is 2. The zero-order valence-corrected chi connectivity index (χ0v) is 13.0. The molecule has 1 aromatic heterocycles. The fourth-order valence-corrected chi connectivity index (χ4v) is 2.24. The van der Waals surface area contributed by atoms with Gasteiger partial charge in [-0.15, -0.1) is 0 Å². The summed E-state index contributed by atoms with van der Waals surface area (Å²) in [6, 6.07) is 6.53. The lowest BCUT2D eigenvalue weighted by Gasteiger charge is -2.10. The van der Waals surface area contributed by atoms with Crippen LogP contribution in [0, 0.1) is 13.8 Å². The first kappa shape index (κ1) is 15.1. The van der Waals surface area contributed by atoms with E-state index in [1.807, 2.05) is 19.1 Å². The maximum Gasteiger partial charge on any atom is 0.354 e. The molecule has 0 unspecified atom stereocenters. The second-order valence-electron chi connectivity index (χ2n) is 4.56. The number of benzene rings is 1. The number of urea groups is 1. The van der Waals surface area contributed by atoms with Crippen LogP contribution in [0.5, 0.6) is 0 Å². The molecule has 4 N–H and O–H groups in total. The summed E-state index contributed by atoms with van der Waals surface area (Å²) < 4.78 is 0.781. The maximum absolute atomic E-state index is 12.0. The minimum Gasteiger partial charge on any atom is -0.477 e. The Morgan fingerprint density at radius 2 is 1.86 bits per heavy atom. The second kappa shape index (κ2) is 6.01. The highest BCUT2D eigenvalue weighted by Crippen LogP contribution is 2.26. The summed E-state index contributed by atoms with van der Waals surface area (Å²) >= 11 is 3.39. The van der Waals surface area contributed by atoms with Crippen LogP contribution < -0.4 is 10.6 Å². The molecular weight excluding hydrogens is 338 g/mol. The molecule has 0 bridgehead atoms. The third-order valence-corrected chi connectivity index (χ3v) is 3.91. The summed E-state index contributed by atoms with van der Waals surface area (Å²) in [4.78, 5) is 25.7. The number of nitrogens with one attached hydrogen (secondary N) is 3. The van der Waals surface area contributed by atoms with Gasteiger partial charge in [0.2, 0.25) is 0 Å². The van der Waals surface area contributed by atoms with Gasteiger partial charge in [0.25, 0.3) is 0 Å². The van der Waals surface area contributed by atoms with E-state index in [9.17, 15) is 9.59 Å². The van der Waals surface area contributed by atoms with Crippen LogP contribution in [0.2, 0.25) is 0 Å². The molecule has 0 fully saturated rings. The summed E-state index contributed by atoms with van der Waals surface area (Å²) in [6.07, 6.45) is 0. The van der Waals surface area contributed by atoms with E-state index in [1.54, 1.807) is 19.1 Å². The number of hydrogen-bond acceptors (Lipinski definition) is 2. The van der Waals surface area contributed by atoms with Crippen LogP contribution in [0.15, 0.2) is 28.7 Å². The number of carboxylic acids is 1. The maximum atomic E-state index is 12.0. The van der Waals surface area contributed by atoms with Crippen LogP contribution in [0.4, 0.5) is 16.2 Å². The summed E-state index contributed by atoms with van der Waals surface area (Å²) in [5.41, 5.74) is 2.42. The third kappa shape index (κ3) is 3.43. The average Bonchev–Trinajstić information content (AvgIpc) is 2.76. The topological polar surface area (TPSA) is 94.2 Å². The first-order valence-electron chi connectivity index (χ1n) is 6.14. The van der Waals surface area contributed by atoms with E-state index < -0.39 is 12.0 Å². The van der Waals surface area contributed by atoms with E-state index >= 15 is 0 Å². The van der Waals surface area contributed by atoms with E-state index in [4.69, 9.17) is 5.11 Å². The fourth-order valence-electron chi connectivity index (χ4n) is 1.88. The summed E-state index contributed by atoms with van der Waals surface area (Å²) in [5.74, 6) is -1.13. The highest BCUT2D eigenvalue weighted by molar-refractivity contribution is 9.10. The SMILES string of the molecule is Cc1cc(NC(=O)Nc2cccc(C)c2Br)c(C(=O)O)[nH]1. The van der Waals surface area contributed by atoms with Crippen LogP contribution in [0.1, 0.15) is 21.7 Å². The molecule has 2 aromatic rings. The Morgan fingerprint density at radius 1 is 1.19 bits per heavy atom. The highest BCUT2D eigenvalue weighted by atomic mass is 79.9. The zero-order valence-electron chi connectivity index (χ0n) is 11.5. The summed E-state index contributed by atoms with van der Waals surface area (Å²) in [7, 11) is 0. The number of anilines is 2. The van der Waals surface area contributed by atoms with Crippen molar-refractivity contribution in [3.8, 4) is 0 Å². The van der Waals surface area contributed by atoms with Gasteiger partial charge in [-0.3, -0.25) is 0 Å². The van der Waals surface area contributed by atoms with Crippen molar-refractivity contribution in [2.75, 3.05) is 10.6 Å². The van der Waals surface area contributed by atoms with Gasteiger partial charge in [0.15, 0.2) is 0 Å². The predicted octanol–water partition coefficient (Wildman–Crippen LogP) is 3.74. The monoisotopic (exact) mass is 351 g/mol. The molecule has 7 heteroatoms. The molecular formula is C14H14BrN3O3. The van der Waals surface area contributed by atoms with Crippen molar-refractivity contribution in [3.05, 3.63) is 45.7 Å². The number of carboxylic acid groups (broad SMARTS) is 1. The number of hydrogen-bond donors (Lipinski definition) is 4. The second-order valence-corrected chi connectivity index (χ2v) is 5.35. The largest absolute Gasteiger partial charge is 0.477 e. The first-order valence-corrected chi connectivity index (χ1v) is 6.94. The van der Waals surface area contributed by atoms with Crippen LogP contribution >= 0.6 is 15.9 Å². The van der Waals surface area contributed by atoms with E-state index in [0.29, 0.717) is 11.4 Å². The van der Waals surface area contributed by atoms with E-state index in [-0.39, 0.29) is 11.4 Å². The molecule has 0 saturated carbocycles. The number of H-pyrrole nitrogens is 1. The molecule has 2 amide bonds. The molecule has 0 radical (unpaired) electrons. The first-order chi connectivity index (χ1) is 9.88. The Balaban J connectivity index is 2.16. The Morgan fingerprint density at radius 3 is 2.52 bits per heavy atom. The van der Waals surface area contributed by atoms with Crippen molar-refractivity contribution in [2.45, 2.75) is 13.8 Å². The van der Waals surface area contributed by atoms with Crippen LogP contribution in [-0.4, -0.2) is 22.1 Å². The third-order valence-electron chi connectivity index (χ3n) is 2.85. The highest BCUT2D eigenvalue weighted by Gasteiger charge is 2.16. The zero-order chi connectivity index (χ0) is 15.6. The molecule has 1 heterocycles.